The van der Waals surface area contributed by atoms with Crippen molar-refractivity contribution in [2.75, 3.05) is 0 Å². The summed E-state index contributed by atoms with van der Waals surface area (Å²) in [6, 6.07) is 8.21. The molecule has 0 bridgehead atoms. The van der Waals surface area contributed by atoms with Crippen LogP contribution >= 0.6 is 47.8 Å². The molecule has 3 aromatic heterocycles. The van der Waals surface area contributed by atoms with Crippen molar-refractivity contribution in [2.45, 2.75) is 12.3 Å². The van der Waals surface area contributed by atoms with E-state index in [9.17, 15) is 0 Å². The average Bonchev–Trinajstić information content (AvgIpc) is 3.17. The van der Waals surface area contributed by atoms with Gasteiger partial charge in [-0.3, -0.25) is 0 Å². The minimum absolute atomic E-state index is 0.333. The highest BCUT2D eigenvalue weighted by molar-refractivity contribution is 9.14. The van der Waals surface area contributed by atoms with Crippen LogP contribution < -0.4 is 0 Å². The number of rotatable bonds is 3. The van der Waals surface area contributed by atoms with Crippen LogP contribution in [-0.2, 0) is 5.41 Å². The molecule has 0 amide bonds. The third-order valence-corrected chi connectivity index (χ3v) is 6.86. The first kappa shape index (κ1) is 14.2. The summed E-state index contributed by atoms with van der Waals surface area (Å²) in [5, 5.41) is 0. The Morgan fingerprint density at radius 1 is 0.900 bits per heavy atom. The molecule has 0 unspecified atom stereocenters. The zero-order valence-electron chi connectivity index (χ0n) is 10.6. The summed E-state index contributed by atoms with van der Waals surface area (Å²) in [5.74, 6) is 0. The van der Waals surface area contributed by atoms with Crippen molar-refractivity contribution in [3.05, 3.63) is 67.3 Å². The number of aromatic amines is 3. The molecular formula is C14H12Br3N3. The van der Waals surface area contributed by atoms with E-state index >= 15 is 0 Å². The Kier molecular flexibility index (Phi) is 3.73. The Labute approximate surface area is 142 Å². The smallest absolute Gasteiger partial charge is 0.0978 e. The van der Waals surface area contributed by atoms with E-state index in [0.717, 1.165) is 30.6 Å². The fourth-order valence-corrected chi connectivity index (χ4v) is 4.12. The highest BCUT2D eigenvalue weighted by Gasteiger charge is 2.37. The van der Waals surface area contributed by atoms with E-state index in [4.69, 9.17) is 0 Å². The van der Waals surface area contributed by atoms with E-state index in [-0.39, 0.29) is 5.41 Å². The summed E-state index contributed by atoms with van der Waals surface area (Å²) in [6.07, 6.45) is 3.88. The summed E-state index contributed by atoms with van der Waals surface area (Å²) in [5.41, 5.74) is 2.96. The Bertz CT molecular complexity index is 677. The summed E-state index contributed by atoms with van der Waals surface area (Å²) in [4.78, 5) is 10.1. The fourth-order valence-electron chi connectivity index (χ4n) is 2.47. The number of hydrogen-bond donors (Lipinski definition) is 3. The van der Waals surface area contributed by atoms with Crippen molar-refractivity contribution in [1.82, 2.24) is 15.0 Å². The van der Waals surface area contributed by atoms with Gasteiger partial charge in [0.2, 0.25) is 0 Å². The van der Waals surface area contributed by atoms with E-state index in [1.54, 1.807) is 0 Å². The van der Waals surface area contributed by atoms with Gasteiger partial charge in [-0.1, -0.05) is 0 Å². The molecule has 3 nitrogen and oxygen atoms in total. The predicted octanol–water partition coefficient (Wildman–Crippen LogP) is 5.31. The van der Waals surface area contributed by atoms with Gasteiger partial charge in [0.15, 0.2) is 0 Å². The monoisotopic (exact) mass is 459 g/mol. The molecule has 6 heteroatoms. The summed E-state index contributed by atoms with van der Waals surface area (Å²) < 4.78 is 2.91. The quantitative estimate of drug-likeness (QED) is 0.473. The minimum atomic E-state index is -0.333. The van der Waals surface area contributed by atoms with Crippen LogP contribution in [0.25, 0.3) is 0 Å². The van der Waals surface area contributed by atoms with Gasteiger partial charge in [-0.2, -0.15) is 0 Å². The largest absolute Gasteiger partial charge is 0.364 e. The zero-order valence-corrected chi connectivity index (χ0v) is 15.4. The van der Waals surface area contributed by atoms with Crippen LogP contribution in [0, 0.1) is 0 Å². The molecule has 0 atom stereocenters. The lowest BCUT2D eigenvalue weighted by molar-refractivity contribution is 0.628. The molecule has 0 aliphatic carbocycles. The van der Waals surface area contributed by atoms with E-state index in [0.29, 0.717) is 0 Å². The first-order chi connectivity index (χ1) is 9.55. The summed E-state index contributed by atoms with van der Waals surface area (Å²) in [6.45, 7) is 2.18. The maximum atomic E-state index is 3.67. The Morgan fingerprint density at radius 3 is 1.80 bits per heavy atom. The molecule has 0 spiro atoms. The molecule has 20 heavy (non-hydrogen) atoms. The van der Waals surface area contributed by atoms with Crippen LogP contribution in [0.4, 0.5) is 0 Å². The number of nitrogens with one attached hydrogen (secondary N) is 3. The predicted molar refractivity (Wildman–Crippen MR) is 91.0 cm³/mol. The third-order valence-electron chi connectivity index (χ3n) is 3.61. The zero-order chi connectivity index (χ0) is 14.3. The molecule has 3 heterocycles. The SMILES string of the molecule is CC(c1ccc[nH]1)(c1ccc[nH]1)c1[nH]c(Br)c(Br)c1Br. The van der Waals surface area contributed by atoms with E-state index < -0.39 is 0 Å². The lowest BCUT2D eigenvalue weighted by atomic mass is 9.80. The van der Waals surface area contributed by atoms with Crippen molar-refractivity contribution in [2.24, 2.45) is 0 Å². The molecule has 0 fully saturated rings. The maximum Gasteiger partial charge on any atom is 0.0978 e. The van der Waals surface area contributed by atoms with Crippen molar-refractivity contribution in [1.29, 1.82) is 0 Å². The van der Waals surface area contributed by atoms with Gasteiger partial charge in [-0.25, -0.2) is 0 Å². The molecule has 0 aromatic carbocycles. The molecular weight excluding hydrogens is 450 g/mol. The standard InChI is InChI=1S/C14H12Br3N3/c1-14(8-4-2-6-18-8,9-5-3-7-19-9)12-10(15)11(16)13(17)20-12/h2-7,18-20H,1H3. The van der Waals surface area contributed by atoms with Crippen LogP contribution in [0.1, 0.15) is 24.0 Å². The highest BCUT2D eigenvalue weighted by Crippen LogP contribution is 2.44. The molecule has 0 aliphatic heterocycles. The first-order valence-electron chi connectivity index (χ1n) is 6.05. The number of hydrogen-bond acceptors (Lipinski definition) is 0. The lowest BCUT2D eigenvalue weighted by Crippen LogP contribution is -2.27. The van der Waals surface area contributed by atoms with Crippen molar-refractivity contribution in [3.63, 3.8) is 0 Å². The normalized spacial score (nSPS) is 12.0. The highest BCUT2D eigenvalue weighted by atomic mass is 79.9. The van der Waals surface area contributed by atoms with Gasteiger partial charge < -0.3 is 15.0 Å². The van der Waals surface area contributed by atoms with Crippen LogP contribution in [0.3, 0.4) is 0 Å². The maximum absolute atomic E-state index is 3.67. The number of aromatic nitrogens is 3. The molecule has 0 saturated heterocycles. The number of halogens is 3. The van der Waals surface area contributed by atoms with Gasteiger partial charge in [0.05, 0.1) is 19.0 Å². The summed E-state index contributed by atoms with van der Waals surface area (Å²) >= 11 is 10.8. The Balaban J connectivity index is 2.29. The second-order valence-electron chi connectivity index (χ2n) is 4.73. The lowest BCUT2D eigenvalue weighted by Gasteiger charge is -2.28. The number of H-pyrrole nitrogens is 3. The second kappa shape index (κ2) is 5.24. The molecule has 3 aromatic rings. The van der Waals surface area contributed by atoms with Gasteiger partial charge >= 0.3 is 0 Å². The molecule has 0 saturated carbocycles. The molecule has 0 aliphatic rings. The third kappa shape index (κ3) is 2.05. The molecule has 3 rings (SSSR count). The van der Waals surface area contributed by atoms with Crippen molar-refractivity contribution >= 4 is 47.8 Å². The summed E-state index contributed by atoms with van der Waals surface area (Å²) in [7, 11) is 0. The van der Waals surface area contributed by atoms with Crippen molar-refractivity contribution in [3.8, 4) is 0 Å². The van der Waals surface area contributed by atoms with Gasteiger partial charge in [0.25, 0.3) is 0 Å². The first-order valence-corrected chi connectivity index (χ1v) is 8.43. The molecule has 0 radical (unpaired) electrons. The molecule has 104 valence electrons. The van der Waals surface area contributed by atoms with Crippen LogP contribution in [0.15, 0.2) is 50.2 Å². The van der Waals surface area contributed by atoms with E-state index in [1.165, 1.54) is 0 Å². The van der Waals surface area contributed by atoms with Crippen LogP contribution in [-0.4, -0.2) is 15.0 Å². The van der Waals surface area contributed by atoms with Gasteiger partial charge in [-0.05, 0) is 79.0 Å². The minimum Gasteiger partial charge on any atom is -0.364 e. The van der Waals surface area contributed by atoms with Crippen LogP contribution in [0.2, 0.25) is 0 Å². The average molecular weight is 462 g/mol. The van der Waals surface area contributed by atoms with Crippen LogP contribution in [0.5, 0.6) is 0 Å². The van der Waals surface area contributed by atoms with Gasteiger partial charge in [0.1, 0.15) is 0 Å². The molecule has 3 N–H and O–H groups in total. The Hall–Kier alpha value is -0.720. The van der Waals surface area contributed by atoms with Gasteiger partial charge in [0, 0.05) is 29.5 Å². The van der Waals surface area contributed by atoms with E-state index in [2.05, 4.69) is 81.8 Å². The fraction of sp³-hybridized carbons (Fsp3) is 0.143. The second-order valence-corrected chi connectivity index (χ2v) is 7.11. The van der Waals surface area contributed by atoms with Gasteiger partial charge in [-0.15, -0.1) is 0 Å². The van der Waals surface area contributed by atoms with Crippen molar-refractivity contribution < 1.29 is 0 Å². The topological polar surface area (TPSA) is 47.4 Å². The Morgan fingerprint density at radius 2 is 1.45 bits per heavy atom. The van der Waals surface area contributed by atoms with E-state index in [1.807, 2.05) is 24.5 Å².